The maximum atomic E-state index is 6.48. The third-order valence-corrected chi connectivity index (χ3v) is 4.98. The van der Waals surface area contributed by atoms with Crippen molar-refractivity contribution in [3.05, 3.63) is 29.8 Å². The van der Waals surface area contributed by atoms with Crippen LogP contribution in [0.5, 0.6) is 5.75 Å². The fraction of sp³-hybridized carbons (Fsp3) is 0.600. The van der Waals surface area contributed by atoms with Crippen LogP contribution in [0.1, 0.15) is 30.9 Å². The molecular formula is C15H20N2O. The molecule has 4 rings (SSSR count). The topological polar surface area (TPSA) is 38.5 Å². The van der Waals surface area contributed by atoms with Crippen LogP contribution in [0, 0.1) is 5.92 Å². The number of rotatable bonds is 1. The summed E-state index contributed by atoms with van der Waals surface area (Å²) in [7, 11) is 0. The predicted molar refractivity (Wildman–Crippen MR) is 70.5 cm³/mol. The highest BCUT2D eigenvalue weighted by Gasteiger charge is 2.44. The summed E-state index contributed by atoms with van der Waals surface area (Å²) in [6.07, 6.45) is 4.15. The summed E-state index contributed by atoms with van der Waals surface area (Å²) in [4.78, 5) is 2.62. The van der Waals surface area contributed by atoms with Gasteiger partial charge in [0.2, 0.25) is 0 Å². The Hall–Kier alpha value is -1.06. The van der Waals surface area contributed by atoms with Crippen molar-refractivity contribution < 1.29 is 4.74 Å². The molecule has 3 aliphatic rings. The van der Waals surface area contributed by atoms with Gasteiger partial charge >= 0.3 is 0 Å². The van der Waals surface area contributed by atoms with Crippen LogP contribution in [-0.4, -0.2) is 30.1 Å². The van der Waals surface area contributed by atoms with Crippen LogP contribution in [0.25, 0.3) is 0 Å². The highest BCUT2D eigenvalue weighted by atomic mass is 16.5. The Kier molecular flexibility index (Phi) is 2.39. The van der Waals surface area contributed by atoms with Gasteiger partial charge in [0.1, 0.15) is 12.4 Å². The number of para-hydroxylation sites is 1. The van der Waals surface area contributed by atoms with Gasteiger partial charge in [-0.1, -0.05) is 18.2 Å². The summed E-state index contributed by atoms with van der Waals surface area (Å²) in [5.41, 5.74) is 7.66. The third kappa shape index (κ3) is 1.50. The largest absolute Gasteiger partial charge is 0.492 e. The predicted octanol–water partition coefficient (Wildman–Crippen LogP) is 1.93. The van der Waals surface area contributed by atoms with Crippen LogP contribution in [0.3, 0.4) is 0 Å². The smallest absolute Gasteiger partial charge is 0.124 e. The van der Waals surface area contributed by atoms with Gasteiger partial charge in [0.05, 0.1) is 12.1 Å². The zero-order chi connectivity index (χ0) is 12.1. The first kappa shape index (κ1) is 10.8. The number of hydrogen-bond acceptors (Lipinski definition) is 3. The van der Waals surface area contributed by atoms with Crippen LogP contribution in [0.2, 0.25) is 0 Å². The third-order valence-electron chi connectivity index (χ3n) is 4.98. The van der Waals surface area contributed by atoms with E-state index in [-0.39, 0.29) is 6.04 Å². The summed E-state index contributed by atoms with van der Waals surface area (Å²) in [5.74, 6) is 1.89. The number of nitrogens with two attached hydrogens (primary N) is 1. The number of nitrogens with zero attached hydrogens (tertiary/aromatic N) is 1. The van der Waals surface area contributed by atoms with Gasteiger partial charge in [0.15, 0.2) is 0 Å². The lowest BCUT2D eigenvalue weighted by molar-refractivity contribution is 0.0722. The second-order valence-electron chi connectivity index (χ2n) is 5.97. The minimum absolute atomic E-state index is 0.106. The number of piperidine rings is 1. The SMILES string of the molecule is NC1c2ccccc2OCC1N1CC2CCC1C2. The van der Waals surface area contributed by atoms with E-state index in [0.717, 1.165) is 24.3 Å². The normalized spacial score (nSPS) is 38.5. The quantitative estimate of drug-likeness (QED) is 0.820. The molecule has 18 heavy (non-hydrogen) atoms. The van der Waals surface area contributed by atoms with Gasteiger partial charge < -0.3 is 10.5 Å². The van der Waals surface area contributed by atoms with E-state index in [1.165, 1.54) is 31.4 Å². The first-order chi connectivity index (χ1) is 8.83. The highest BCUT2D eigenvalue weighted by molar-refractivity contribution is 5.38. The molecule has 2 aliphatic heterocycles. The maximum Gasteiger partial charge on any atom is 0.124 e. The van der Waals surface area contributed by atoms with Gasteiger partial charge in [-0.15, -0.1) is 0 Å². The van der Waals surface area contributed by atoms with Crippen molar-refractivity contribution in [3.8, 4) is 5.75 Å². The molecule has 3 heteroatoms. The first-order valence-corrected chi connectivity index (χ1v) is 7.06. The molecule has 1 aliphatic carbocycles. The summed E-state index contributed by atoms with van der Waals surface area (Å²) < 4.78 is 5.90. The lowest BCUT2D eigenvalue weighted by Crippen LogP contribution is -2.51. The molecule has 2 fully saturated rings. The van der Waals surface area contributed by atoms with Gasteiger partial charge in [0.25, 0.3) is 0 Å². The van der Waals surface area contributed by atoms with Crippen molar-refractivity contribution in [2.24, 2.45) is 11.7 Å². The Bertz CT molecular complexity index is 462. The molecule has 4 unspecified atom stereocenters. The second kappa shape index (κ2) is 3.97. The number of fused-ring (bicyclic) bond motifs is 3. The Balaban J connectivity index is 1.61. The lowest BCUT2D eigenvalue weighted by Gasteiger charge is -2.41. The fourth-order valence-corrected chi connectivity index (χ4v) is 4.04. The summed E-state index contributed by atoms with van der Waals surface area (Å²) >= 11 is 0. The molecule has 1 saturated carbocycles. The van der Waals surface area contributed by atoms with E-state index in [9.17, 15) is 0 Å². The van der Waals surface area contributed by atoms with Crippen LogP contribution >= 0.6 is 0 Å². The van der Waals surface area contributed by atoms with Crippen molar-refractivity contribution in [2.45, 2.75) is 37.4 Å². The van der Waals surface area contributed by atoms with Crippen molar-refractivity contribution in [1.82, 2.24) is 4.90 Å². The molecule has 0 radical (unpaired) electrons. The molecule has 0 spiro atoms. The monoisotopic (exact) mass is 244 g/mol. The van der Waals surface area contributed by atoms with Gasteiger partial charge in [-0.3, -0.25) is 4.90 Å². The molecular weight excluding hydrogens is 224 g/mol. The van der Waals surface area contributed by atoms with Crippen LogP contribution in [0.4, 0.5) is 0 Å². The molecule has 96 valence electrons. The Morgan fingerprint density at radius 2 is 2.11 bits per heavy atom. The van der Waals surface area contributed by atoms with Crippen molar-refractivity contribution in [3.63, 3.8) is 0 Å². The Morgan fingerprint density at radius 3 is 2.89 bits per heavy atom. The van der Waals surface area contributed by atoms with Crippen molar-refractivity contribution in [2.75, 3.05) is 13.2 Å². The van der Waals surface area contributed by atoms with E-state index in [1.807, 2.05) is 12.1 Å². The molecule has 0 aromatic heterocycles. The van der Waals surface area contributed by atoms with Gasteiger partial charge in [-0.2, -0.15) is 0 Å². The second-order valence-corrected chi connectivity index (χ2v) is 5.97. The summed E-state index contributed by atoms with van der Waals surface area (Å²) in [6, 6.07) is 9.45. The lowest BCUT2D eigenvalue weighted by atomic mass is 9.94. The maximum absolute atomic E-state index is 6.48. The molecule has 1 aromatic carbocycles. The van der Waals surface area contributed by atoms with Crippen molar-refractivity contribution in [1.29, 1.82) is 0 Å². The zero-order valence-corrected chi connectivity index (χ0v) is 10.6. The van der Waals surface area contributed by atoms with E-state index in [0.29, 0.717) is 6.04 Å². The molecule has 1 saturated heterocycles. The molecule has 1 aromatic rings. The minimum atomic E-state index is 0.106. The van der Waals surface area contributed by atoms with Gasteiger partial charge in [0, 0.05) is 18.2 Å². The Labute approximate surface area is 108 Å². The zero-order valence-electron chi connectivity index (χ0n) is 10.6. The summed E-state index contributed by atoms with van der Waals surface area (Å²) in [6.45, 7) is 1.98. The summed E-state index contributed by atoms with van der Waals surface area (Å²) in [5, 5.41) is 0. The standard InChI is InChI=1S/C15H20N2O/c16-15-12-3-1-2-4-14(12)18-9-13(15)17-8-10-5-6-11(17)7-10/h1-4,10-11,13,15H,5-9,16H2. The number of hydrogen-bond donors (Lipinski definition) is 1. The highest BCUT2D eigenvalue weighted by Crippen LogP contribution is 2.42. The first-order valence-electron chi connectivity index (χ1n) is 7.06. The van der Waals surface area contributed by atoms with E-state index in [4.69, 9.17) is 10.5 Å². The van der Waals surface area contributed by atoms with E-state index < -0.39 is 0 Å². The Morgan fingerprint density at radius 1 is 1.22 bits per heavy atom. The number of ether oxygens (including phenoxy) is 1. The average Bonchev–Trinajstić information content (AvgIpc) is 3.02. The minimum Gasteiger partial charge on any atom is -0.492 e. The van der Waals surface area contributed by atoms with E-state index in [1.54, 1.807) is 0 Å². The van der Waals surface area contributed by atoms with Crippen LogP contribution in [-0.2, 0) is 0 Å². The molecule has 0 amide bonds. The van der Waals surface area contributed by atoms with Crippen LogP contribution < -0.4 is 10.5 Å². The fourth-order valence-electron chi connectivity index (χ4n) is 4.04. The van der Waals surface area contributed by atoms with E-state index in [2.05, 4.69) is 17.0 Å². The van der Waals surface area contributed by atoms with Crippen molar-refractivity contribution >= 4 is 0 Å². The molecule has 2 N–H and O–H groups in total. The van der Waals surface area contributed by atoms with E-state index >= 15 is 0 Å². The molecule has 2 heterocycles. The molecule has 3 nitrogen and oxygen atoms in total. The van der Waals surface area contributed by atoms with Crippen LogP contribution in [0.15, 0.2) is 24.3 Å². The average molecular weight is 244 g/mol. The van der Waals surface area contributed by atoms with Gasteiger partial charge in [-0.05, 0) is 31.2 Å². The molecule has 4 atom stereocenters. The number of benzene rings is 1. The number of likely N-dealkylation sites (tertiary alicyclic amines) is 1. The van der Waals surface area contributed by atoms with Gasteiger partial charge in [-0.25, -0.2) is 0 Å². The molecule has 2 bridgehead atoms.